The summed E-state index contributed by atoms with van der Waals surface area (Å²) in [4.78, 5) is 11.8. The first-order chi connectivity index (χ1) is 8.70. The number of aliphatic hydroxyl groups excluding tert-OH is 1. The van der Waals surface area contributed by atoms with E-state index in [1.807, 2.05) is 0 Å². The Labute approximate surface area is 110 Å². The molecule has 0 fully saturated rings. The van der Waals surface area contributed by atoms with Crippen molar-refractivity contribution in [1.29, 1.82) is 0 Å². The average molecular weight is 265 g/mol. The van der Waals surface area contributed by atoms with Gasteiger partial charge in [-0.3, -0.25) is 4.79 Å². The highest BCUT2D eigenvalue weighted by atomic mass is 35.5. The van der Waals surface area contributed by atoms with Crippen molar-refractivity contribution in [2.45, 2.75) is 12.8 Å². The molecule has 3 nitrogen and oxygen atoms in total. The second-order valence-corrected chi connectivity index (χ2v) is 4.40. The van der Waals surface area contributed by atoms with Gasteiger partial charge >= 0.3 is 0 Å². The highest BCUT2D eigenvalue weighted by Gasteiger charge is 2.05. The third kappa shape index (κ3) is 3.00. The average Bonchev–Trinajstić information content (AvgIpc) is 2.38. The van der Waals surface area contributed by atoms with Crippen LogP contribution in [-0.4, -0.2) is 11.7 Å². The van der Waals surface area contributed by atoms with E-state index in [1.165, 1.54) is 12.3 Å². The summed E-state index contributed by atoms with van der Waals surface area (Å²) in [5.74, 6) is 0.518. The van der Waals surface area contributed by atoms with E-state index < -0.39 is 0 Å². The molecule has 0 atom stereocenters. The number of benzene rings is 1. The smallest absolute Gasteiger partial charge is 0.188 e. The van der Waals surface area contributed by atoms with E-state index in [1.54, 1.807) is 24.3 Å². The molecule has 0 unspecified atom stereocenters. The molecular formula is C14H13ClO3. The summed E-state index contributed by atoms with van der Waals surface area (Å²) >= 11 is 5.80. The maximum atomic E-state index is 11.8. The van der Waals surface area contributed by atoms with Gasteiger partial charge in [0, 0.05) is 28.8 Å². The van der Waals surface area contributed by atoms with Gasteiger partial charge in [-0.2, -0.15) is 0 Å². The molecule has 94 valence electrons. The van der Waals surface area contributed by atoms with Gasteiger partial charge in [-0.05, 0) is 37.1 Å². The zero-order chi connectivity index (χ0) is 13.0. The number of aliphatic hydroxyl groups is 1. The molecule has 1 N–H and O–H groups in total. The Kier molecular flexibility index (Phi) is 4.18. The van der Waals surface area contributed by atoms with Crippen LogP contribution in [0.2, 0.25) is 5.02 Å². The van der Waals surface area contributed by atoms with Gasteiger partial charge in [0.25, 0.3) is 0 Å². The molecule has 0 aliphatic carbocycles. The normalized spacial score (nSPS) is 10.6. The topological polar surface area (TPSA) is 50.4 Å². The van der Waals surface area contributed by atoms with Crippen molar-refractivity contribution in [3.63, 3.8) is 0 Å². The Balaban J connectivity index is 2.28. The number of rotatable bonds is 4. The Hall–Kier alpha value is -1.58. The quantitative estimate of drug-likeness (QED) is 0.924. The van der Waals surface area contributed by atoms with Gasteiger partial charge < -0.3 is 9.52 Å². The van der Waals surface area contributed by atoms with Crippen LogP contribution < -0.4 is 5.43 Å². The van der Waals surface area contributed by atoms with E-state index in [9.17, 15) is 4.79 Å². The molecule has 0 amide bonds. The number of halogens is 1. The molecule has 2 aromatic rings. The lowest BCUT2D eigenvalue weighted by molar-refractivity contribution is 0.288. The molecule has 0 radical (unpaired) electrons. The molecule has 1 aromatic carbocycles. The molecule has 18 heavy (non-hydrogen) atoms. The first kappa shape index (κ1) is 12.9. The van der Waals surface area contributed by atoms with E-state index in [4.69, 9.17) is 21.1 Å². The van der Waals surface area contributed by atoms with E-state index in [-0.39, 0.29) is 12.0 Å². The van der Waals surface area contributed by atoms with Crippen LogP contribution >= 0.6 is 11.6 Å². The molecule has 1 aromatic heterocycles. The van der Waals surface area contributed by atoms with Crippen LogP contribution in [-0.2, 0) is 6.42 Å². The summed E-state index contributed by atoms with van der Waals surface area (Å²) in [5.41, 5.74) is 1.33. The second-order valence-electron chi connectivity index (χ2n) is 3.97. The molecule has 0 aliphatic heterocycles. The molecule has 0 spiro atoms. The summed E-state index contributed by atoms with van der Waals surface area (Å²) in [6.45, 7) is 0.0678. The minimum absolute atomic E-state index is 0.0678. The van der Waals surface area contributed by atoms with Crippen LogP contribution in [0, 0.1) is 0 Å². The zero-order valence-corrected chi connectivity index (χ0v) is 10.5. The summed E-state index contributed by atoms with van der Waals surface area (Å²) in [6.07, 6.45) is 2.55. The van der Waals surface area contributed by atoms with Crippen molar-refractivity contribution in [3.8, 4) is 11.3 Å². The largest absolute Gasteiger partial charge is 0.464 e. The van der Waals surface area contributed by atoms with E-state index in [0.29, 0.717) is 29.2 Å². The third-order valence-corrected chi connectivity index (χ3v) is 2.89. The maximum absolute atomic E-state index is 11.8. The maximum Gasteiger partial charge on any atom is 0.188 e. The molecule has 4 heteroatoms. The Morgan fingerprint density at radius 1 is 1.22 bits per heavy atom. The molecule has 0 aliphatic rings. The molecule has 0 bridgehead atoms. The predicted octanol–water partition coefficient (Wildman–Crippen LogP) is 2.89. The molecule has 0 saturated heterocycles. The number of hydrogen-bond acceptors (Lipinski definition) is 3. The lowest BCUT2D eigenvalue weighted by Gasteiger charge is -2.02. The van der Waals surface area contributed by atoms with Crippen LogP contribution in [0.15, 0.2) is 45.8 Å². The fraction of sp³-hybridized carbons (Fsp3) is 0.214. The van der Waals surface area contributed by atoms with Crippen molar-refractivity contribution in [2.24, 2.45) is 0 Å². The van der Waals surface area contributed by atoms with Crippen molar-refractivity contribution in [2.75, 3.05) is 6.61 Å². The Morgan fingerprint density at radius 3 is 2.56 bits per heavy atom. The summed E-state index contributed by atoms with van der Waals surface area (Å²) in [7, 11) is 0. The monoisotopic (exact) mass is 264 g/mol. The van der Waals surface area contributed by atoms with Crippen LogP contribution in [0.4, 0.5) is 0 Å². The van der Waals surface area contributed by atoms with E-state index in [0.717, 1.165) is 5.56 Å². The van der Waals surface area contributed by atoms with Gasteiger partial charge in [-0.15, -0.1) is 0 Å². The Morgan fingerprint density at radius 2 is 1.94 bits per heavy atom. The van der Waals surface area contributed by atoms with Gasteiger partial charge in [-0.1, -0.05) is 11.6 Å². The van der Waals surface area contributed by atoms with Crippen molar-refractivity contribution in [1.82, 2.24) is 0 Å². The highest BCUT2D eigenvalue weighted by molar-refractivity contribution is 6.30. The SMILES string of the molecule is O=c1cc(-c2ccc(Cl)cc2)occ1CCCO. The second kappa shape index (κ2) is 5.85. The fourth-order valence-electron chi connectivity index (χ4n) is 1.66. The molecule has 2 rings (SSSR count). The number of aryl methyl sites for hydroxylation is 1. The van der Waals surface area contributed by atoms with E-state index in [2.05, 4.69) is 0 Å². The molecular weight excluding hydrogens is 252 g/mol. The van der Waals surface area contributed by atoms with Gasteiger partial charge in [0.2, 0.25) is 0 Å². The standard InChI is InChI=1S/C14H13ClO3/c15-12-5-3-10(4-6-12)14-8-13(17)11(9-18-14)2-1-7-16/h3-6,8-9,16H,1-2,7H2. The lowest BCUT2D eigenvalue weighted by atomic mass is 10.1. The van der Waals surface area contributed by atoms with Crippen molar-refractivity contribution >= 4 is 11.6 Å². The van der Waals surface area contributed by atoms with Crippen LogP contribution in [0.25, 0.3) is 11.3 Å². The van der Waals surface area contributed by atoms with Crippen LogP contribution in [0.5, 0.6) is 0 Å². The third-order valence-electron chi connectivity index (χ3n) is 2.64. The van der Waals surface area contributed by atoms with Gasteiger partial charge in [-0.25, -0.2) is 0 Å². The van der Waals surface area contributed by atoms with Crippen molar-refractivity contribution < 1.29 is 9.52 Å². The fourth-order valence-corrected chi connectivity index (χ4v) is 1.78. The van der Waals surface area contributed by atoms with Gasteiger partial charge in [0.15, 0.2) is 5.43 Å². The minimum atomic E-state index is -0.0698. The van der Waals surface area contributed by atoms with E-state index >= 15 is 0 Å². The minimum Gasteiger partial charge on any atom is -0.464 e. The van der Waals surface area contributed by atoms with Crippen LogP contribution in [0.3, 0.4) is 0 Å². The molecule has 0 saturated carbocycles. The summed E-state index contributed by atoms with van der Waals surface area (Å²) < 4.78 is 5.44. The van der Waals surface area contributed by atoms with Crippen LogP contribution in [0.1, 0.15) is 12.0 Å². The van der Waals surface area contributed by atoms with Gasteiger partial charge in [0.1, 0.15) is 5.76 Å². The molecule has 1 heterocycles. The Bertz CT molecular complexity index is 572. The van der Waals surface area contributed by atoms with Gasteiger partial charge in [0.05, 0.1) is 6.26 Å². The lowest BCUT2D eigenvalue weighted by Crippen LogP contribution is -2.07. The zero-order valence-electron chi connectivity index (χ0n) is 9.73. The van der Waals surface area contributed by atoms with Crippen molar-refractivity contribution in [3.05, 3.63) is 57.4 Å². The summed E-state index contributed by atoms with van der Waals surface area (Å²) in [5, 5.41) is 9.37. The predicted molar refractivity (Wildman–Crippen MR) is 70.8 cm³/mol. The summed E-state index contributed by atoms with van der Waals surface area (Å²) in [6, 6.07) is 8.56. The number of hydrogen-bond donors (Lipinski definition) is 1. The first-order valence-corrected chi connectivity index (χ1v) is 6.07. The first-order valence-electron chi connectivity index (χ1n) is 5.69. The highest BCUT2D eigenvalue weighted by Crippen LogP contribution is 2.20.